The third kappa shape index (κ3) is 34.5. The van der Waals surface area contributed by atoms with Crippen molar-refractivity contribution in [3.8, 4) is 0 Å². The third-order valence-corrected chi connectivity index (χ3v) is 0. The monoisotopic (exact) mass is 221 g/mol. The van der Waals surface area contributed by atoms with Gasteiger partial charge in [-0.25, -0.2) is 0 Å². The van der Waals surface area contributed by atoms with Crippen LogP contribution in [0.3, 0.4) is 0 Å². The number of hydrogen-bond acceptors (Lipinski definition) is 3. The zero-order valence-corrected chi connectivity index (χ0v) is 6.13. The maximum absolute atomic E-state index is 8.56. The zero-order valence-electron chi connectivity index (χ0n) is 2.17. The number of rotatable bonds is 0. The van der Waals surface area contributed by atoms with Crippen LogP contribution in [0.25, 0.3) is 0 Å². The Labute approximate surface area is 64.9 Å². The Hall–Kier alpha value is 1.29. The second kappa shape index (κ2) is 5.29. The molecule has 0 aromatic rings. The Kier molecular flexibility index (Phi) is 10.1. The molecule has 5 heteroatoms. The zero-order chi connectivity index (χ0) is 3.58. The van der Waals surface area contributed by atoms with E-state index in [1.165, 1.54) is 0 Å². The van der Waals surface area contributed by atoms with E-state index >= 15 is 0 Å². The van der Waals surface area contributed by atoms with Gasteiger partial charge in [-0.05, 0) is 0 Å². The van der Waals surface area contributed by atoms with E-state index in [4.69, 9.17) is 13.0 Å². The van der Waals surface area contributed by atoms with Crippen LogP contribution in [0, 0.1) is 41.7 Å². The molecule has 0 bridgehead atoms. The Balaban J connectivity index is 0. The summed E-state index contributed by atoms with van der Waals surface area (Å²) in [4.78, 5) is 0. The first-order valence-electron chi connectivity index (χ1n) is 0.516. The molecule has 0 aromatic heterocycles. The van der Waals surface area contributed by atoms with E-state index < -0.39 is 11.0 Å². The molecule has 30 valence electrons. The van der Waals surface area contributed by atoms with Crippen LogP contribution in [0.1, 0.15) is 0 Å². The Morgan fingerprint density at radius 3 is 1.40 bits per heavy atom. The molecule has 0 aromatic carbocycles. The topological polar surface area (TPSA) is 54.4 Å². The average Bonchev–Trinajstić information content (AvgIpc) is 0.811. The Morgan fingerprint density at radius 1 is 1.40 bits per heavy atom. The average molecular weight is 221 g/mol. The molecule has 0 fully saturated rings. The van der Waals surface area contributed by atoms with Gasteiger partial charge in [0.1, 0.15) is 0 Å². The van der Waals surface area contributed by atoms with Gasteiger partial charge in [0, 0.05) is 52.7 Å². The van der Waals surface area contributed by atoms with Crippen molar-refractivity contribution in [1.82, 2.24) is 0 Å². The van der Waals surface area contributed by atoms with Crippen molar-refractivity contribution in [2.75, 3.05) is 0 Å². The second-order valence-corrected chi connectivity index (χ2v) is 0.651. The van der Waals surface area contributed by atoms with Gasteiger partial charge < -0.3 is 13.0 Å². The van der Waals surface area contributed by atoms with Crippen LogP contribution >= 0.6 is 0 Å². The predicted molar refractivity (Wildman–Crippen MR) is 11.4 cm³/mol. The molecular formula is HCeO3S-. The van der Waals surface area contributed by atoms with E-state index in [9.17, 15) is 0 Å². The fraction of sp³-hybridized carbons (Fsp3) is 0. The van der Waals surface area contributed by atoms with E-state index in [0.717, 1.165) is 0 Å². The standard InChI is InChI=1S/Ce.HO3S/c;1-4(2)3/h;(H,1,2,3)/q;-1. The predicted octanol–water partition coefficient (Wildman–Crippen LogP) is -0.231. The minimum absolute atomic E-state index is 0. The van der Waals surface area contributed by atoms with Crippen LogP contribution in [-0.2, 0) is 19.4 Å². The van der Waals surface area contributed by atoms with Crippen molar-refractivity contribution in [3.63, 3.8) is 0 Å². The number of hydrogen-bond donors (Lipinski definition) is 1. The molecule has 0 aliphatic heterocycles. The molecular weight excluding hydrogens is 220 g/mol. The summed E-state index contributed by atoms with van der Waals surface area (Å²) in [6.07, 6.45) is 0. The van der Waals surface area contributed by atoms with E-state index in [0.29, 0.717) is 0 Å². The van der Waals surface area contributed by atoms with Gasteiger partial charge in [-0.15, -0.1) is 0 Å². The molecule has 0 saturated carbocycles. The molecule has 0 aliphatic rings. The van der Waals surface area contributed by atoms with Gasteiger partial charge >= 0.3 is 0 Å². The SMILES string of the molecule is O=[S-](=O)O.[Ce]. The second-order valence-electron chi connectivity index (χ2n) is 0.217. The van der Waals surface area contributed by atoms with Crippen LogP contribution < -0.4 is 0 Å². The Bertz CT molecular complexity index is 55.3. The summed E-state index contributed by atoms with van der Waals surface area (Å²) in [5, 5.41) is 0. The molecule has 0 atom stereocenters. The first-order valence-corrected chi connectivity index (χ1v) is 1.55. The summed E-state index contributed by atoms with van der Waals surface area (Å²) in [5.74, 6) is 0. The molecule has 0 spiro atoms. The fourth-order valence-electron chi connectivity index (χ4n) is 0. The van der Waals surface area contributed by atoms with Gasteiger partial charge in [0.05, 0.1) is 0 Å². The van der Waals surface area contributed by atoms with Crippen molar-refractivity contribution < 1.29 is 54.7 Å². The van der Waals surface area contributed by atoms with Crippen molar-refractivity contribution in [2.24, 2.45) is 0 Å². The van der Waals surface area contributed by atoms with Crippen LogP contribution in [0.15, 0.2) is 0 Å². The minimum atomic E-state index is -2.86. The molecule has 0 rings (SSSR count). The maximum atomic E-state index is 8.56. The maximum Gasteiger partial charge on any atom is 0.0495 e. The molecule has 3 nitrogen and oxygen atoms in total. The van der Waals surface area contributed by atoms with Gasteiger partial charge in [-0.1, -0.05) is 0 Å². The van der Waals surface area contributed by atoms with Crippen molar-refractivity contribution in [2.45, 2.75) is 0 Å². The molecule has 0 saturated heterocycles. The van der Waals surface area contributed by atoms with Crippen LogP contribution in [0.2, 0.25) is 0 Å². The summed E-state index contributed by atoms with van der Waals surface area (Å²) >= 11 is 0. The molecule has 0 amide bonds. The first kappa shape index (κ1) is 9.56. The molecule has 1 N–H and O–H groups in total. The molecule has 0 unspecified atom stereocenters. The minimum Gasteiger partial charge on any atom is -0.439 e. The van der Waals surface area contributed by atoms with Gasteiger partial charge in [0.25, 0.3) is 0 Å². The fourth-order valence-corrected chi connectivity index (χ4v) is 0. The van der Waals surface area contributed by atoms with Crippen molar-refractivity contribution >= 4 is 11.0 Å². The summed E-state index contributed by atoms with van der Waals surface area (Å²) in [6.45, 7) is 0. The van der Waals surface area contributed by atoms with Crippen molar-refractivity contribution in [1.29, 1.82) is 0 Å². The van der Waals surface area contributed by atoms with Gasteiger partial charge in [-0.3, -0.25) is 0 Å². The molecule has 0 heterocycles. The smallest absolute Gasteiger partial charge is 0.0495 e. The summed E-state index contributed by atoms with van der Waals surface area (Å²) in [7, 11) is -2.86. The molecule has 0 aliphatic carbocycles. The van der Waals surface area contributed by atoms with Crippen LogP contribution in [-0.4, -0.2) is 4.55 Å². The van der Waals surface area contributed by atoms with E-state index in [1.807, 2.05) is 0 Å². The molecule has 0 radical (unpaired) electrons. The van der Waals surface area contributed by atoms with Gasteiger partial charge in [0.15, 0.2) is 0 Å². The summed E-state index contributed by atoms with van der Waals surface area (Å²) < 4.78 is 24.1. The van der Waals surface area contributed by atoms with Gasteiger partial charge in [0.2, 0.25) is 0 Å². The third-order valence-electron chi connectivity index (χ3n) is 0. The first-order chi connectivity index (χ1) is 1.73. The van der Waals surface area contributed by atoms with E-state index in [2.05, 4.69) is 0 Å². The summed E-state index contributed by atoms with van der Waals surface area (Å²) in [6, 6.07) is 0. The summed E-state index contributed by atoms with van der Waals surface area (Å²) in [5.41, 5.74) is 0. The van der Waals surface area contributed by atoms with E-state index in [1.54, 1.807) is 0 Å². The van der Waals surface area contributed by atoms with Crippen LogP contribution in [0.5, 0.6) is 0 Å². The van der Waals surface area contributed by atoms with Crippen LogP contribution in [0.4, 0.5) is 0 Å². The van der Waals surface area contributed by atoms with Crippen molar-refractivity contribution in [3.05, 3.63) is 0 Å². The largest absolute Gasteiger partial charge is 0.439 e. The normalized spacial score (nSPS) is 6.80. The van der Waals surface area contributed by atoms with E-state index in [-0.39, 0.29) is 41.7 Å². The van der Waals surface area contributed by atoms with Gasteiger partial charge in [-0.2, -0.15) is 0 Å². The quantitative estimate of drug-likeness (QED) is 0.349. The molecule has 5 heavy (non-hydrogen) atoms. The Morgan fingerprint density at radius 2 is 1.40 bits per heavy atom.